The van der Waals surface area contributed by atoms with Crippen molar-refractivity contribution in [3.63, 3.8) is 0 Å². The van der Waals surface area contributed by atoms with E-state index in [0.717, 1.165) is 11.8 Å². The Bertz CT molecular complexity index is 57.1. The van der Waals surface area contributed by atoms with Gasteiger partial charge in [0.1, 0.15) is 0 Å². The van der Waals surface area contributed by atoms with Crippen molar-refractivity contribution in [1.82, 2.24) is 0 Å². The molecule has 0 amide bonds. The van der Waals surface area contributed by atoms with Gasteiger partial charge >= 0.3 is 0 Å². The van der Waals surface area contributed by atoms with Crippen molar-refractivity contribution in [3.8, 4) is 0 Å². The minimum Gasteiger partial charge on any atom is -0.0683 e. The summed E-state index contributed by atoms with van der Waals surface area (Å²) < 4.78 is 0. The molecule has 0 aliphatic rings. The Labute approximate surface area is 73.4 Å². The minimum absolute atomic E-state index is 0.921. The van der Waals surface area contributed by atoms with Gasteiger partial charge in [-0.2, -0.15) is 0 Å². The molecule has 0 aromatic rings. The van der Waals surface area contributed by atoms with E-state index in [9.17, 15) is 0 Å². The lowest BCUT2D eigenvalue weighted by Gasteiger charge is -2.16. The van der Waals surface area contributed by atoms with Gasteiger partial charge in [0.05, 0.1) is 0 Å². The monoisotopic (exact) mass is 158 g/mol. The fourth-order valence-corrected chi connectivity index (χ4v) is 1.14. The van der Waals surface area contributed by atoms with Gasteiger partial charge in [0.2, 0.25) is 0 Å². The van der Waals surface area contributed by atoms with Gasteiger partial charge in [-0.15, -0.1) is 0 Å². The highest BCUT2D eigenvalue weighted by molar-refractivity contribution is 4.58. The smallest absolute Gasteiger partial charge is 0.0417 e. The Morgan fingerprint density at radius 1 is 0.909 bits per heavy atom. The third kappa shape index (κ3) is 7.90. The Morgan fingerprint density at radius 3 is 1.64 bits per heavy atom. The second-order valence-electron chi connectivity index (χ2n) is 3.15. The van der Waals surface area contributed by atoms with Crippen LogP contribution in [0.1, 0.15) is 60.8 Å². The second kappa shape index (κ2) is 10.0. The van der Waals surface area contributed by atoms with Crippen LogP contribution in [0.15, 0.2) is 0 Å². The van der Waals surface area contributed by atoms with E-state index in [2.05, 4.69) is 27.7 Å². The van der Waals surface area contributed by atoms with Crippen LogP contribution in [0.4, 0.5) is 0 Å². The van der Waals surface area contributed by atoms with Gasteiger partial charge in [-0.05, 0) is 11.8 Å². The van der Waals surface area contributed by atoms with E-state index >= 15 is 0 Å². The van der Waals surface area contributed by atoms with Crippen molar-refractivity contribution < 1.29 is 0 Å². The first-order valence-electron chi connectivity index (χ1n) is 5.22. The molecule has 0 spiro atoms. The van der Waals surface area contributed by atoms with Gasteiger partial charge in [-0.25, -0.2) is 0 Å². The first-order valence-corrected chi connectivity index (χ1v) is 5.22. The minimum atomic E-state index is 0.921. The molecule has 0 saturated heterocycles. The lowest BCUT2D eigenvalue weighted by Crippen LogP contribution is -2.05. The molecule has 2 unspecified atom stereocenters. The average Bonchev–Trinajstić information content (AvgIpc) is 2.07. The van der Waals surface area contributed by atoms with Crippen molar-refractivity contribution in [1.29, 1.82) is 0 Å². The molecule has 11 heavy (non-hydrogen) atoms. The largest absolute Gasteiger partial charge is 0.0683 e. The molecule has 0 saturated carbocycles. The summed E-state index contributed by atoms with van der Waals surface area (Å²) >= 11 is 0. The van der Waals surface area contributed by atoms with Crippen LogP contribution in [0.2, 0.25) is 0 Å². The zero-order chi connectivity index (χ0) is 9.28. The summed E-state index contributed by atoms with van der Waals surface area (Å²) in [4.78, 5) is 0. The average molecular weight is 158 g/mol. The number of hydrogen-bond donors (Lipinski definition) is 0. The summed E-state index contributed by atoms with van der Waals surface area (Å²) in [7, 11) is 0. The third-order valence-electron chi connectivity index (χ3n) is 2.36. The maximum Gasteiger partial charge on any atom is -0.0417 e. The van der Waals surface area contributed by atoms with Crippen LogP contribution in [-0.2, 0) is 0 Å². The maximum atomic E-state index is 2.36. The Balaban J connectivity index is 0. The summed E-state index contributed by atoms with van der Waals surface area (Å²) in [6.45, 7) is 13.2. The van der Waals surface area contributed by atoms with Gasteiger partial charge < -0.3 is 0 Å². The second-order valence-corrected chi connectivity index (χ2v) is 3.15. The molecule has 0 heteroatoms. The summed E-state index contributed by atoms with van der Waals surface area (Å²) in [6, 6.07) is 0. The molecule has 0 aliphatic heterocycles. The standard InChI is InChI=1S/C9H20.C2H6/c1-5-7-9(4)8(3)6-2;1-2/h8-9H,5-7H2,1-4H3;1-2H3. The quantitative estimate of drug-likeness (QED) is 0.565. The van der Waals surface area contributed by atoms with Gasteiger partial charge in [0.15, 0.2) is 0 Å². The molecule has 0 aromatic heterocycles. The lowest BCUT2D eigenvalue weighted by atomic mass is 9.90. The van der Waals surface area contributed by atoms with Gasteiger partial charge in [0, 0.05) is 0 Å². The van der Waals surface area contributed by atoms with Crippen LogP contribution >= 0.6 is 0 Å². The van der Waals surface area contributed by atoms with Crippen LogP contribution in [0.3, 0.4) is 0 Å². The number of rotatable bonds is 4. The zero-order valence-corrected chi connectivity index (χ0v) is 9.28. The highest BCUT2D eigenvalue weighted by Crippen LogP contribution is 2.18. The van der Waals surface area contributed by atoms with Crippen LogP contribution in [-0.4, -0.2) is 0 Å². The molecule has 0 nitrogen and oxygen atoms in total. The van der Waals surface area contributed by atoms with E-state index in [0.29, 0.717) is 0 Å². The molecule has 0 radical (unpaired) electrons. The predicted molar refractivity (Wildman–Crippen MR) is 54.9 cm³/mol. The van der Waals surface area contributed by atoms with E-state index in [4.69, 9.17) is 0 Å². The first kappa shape index (κ1) is 13.6. The molecule has 0 rings (SSSR count). The summed E-state index contributed by atoms with van der Waals surface area (Å²) in [5.74, 6) is 1.85. The molecule has 0 aliphatic carbocycles. The van der Waals surface area contributed by atoms with Gasteiger partial charge in [-0.3, -0.25) is 0 Å². The van der Waals surface area contributed by atoms with Gasteiger partial charge in [-0.1, -0.05) is 60.8 Å². The molecular formula is C11H26. The fraction of sp³-hybridized carbons (Fsp3) is 1.00. The lowest BCUT2D eigenvalue weighted by molar-refractivity contribution is 0.352. The summed E-state index contributed by atoms with van der Waals surface area (Å²) in [6.07, 6.45) is 4.07. The van der Waals surface area contributed by atoms with E-state index in [1.165, 1.54) is 19.3 Å². The molecule has 70 valence electrons. The van der Waals surface area contributed by atoms with Crippen molar-refractivity contribution in [2.45, 2.75) is 60.8 Å². The van der Waals surface area contributed by atoms with Crippen LogP contribution in [0.25, 0.3) is 0 Å². The molecular weight excluding hydrogens is 132 g/mol. The Kier molecular flexibility index (Phi) is 12.3. The molecule has 0 N–H and O–H groups in total. The zero-order valence-electron chi connectivity index (χ0n) is 9.28. The molecule has 0 heterocycles. The Hall–Kier alpha value is 0. The normalized spacial score (nSPS) is 14.7. The maximum absolute atomic E-state index is 2.36. The third-order valence-corrected chi connectivity index (χ3v) is 2.36. The van der Waals surface area contributed by atoms with E-state index < -0.39 is 0 Å². The topological polar surface area (TPSA) is 0 Å². The van der Waals surface area contributed by atoms with Crippen molar-refractivity contribution in [2.24, 2.45) is 11.8 Å². The first-order chi connectivity index (χ1) is 5.22. The van der Waals surface area contributed by atoms with E-state index in [1.807, 2.05) is 13.8 Å². The van der Waals surface area contributed by atoms with Crippen LogP contribution < -0.4 is 0 Å². The summed E-state index contributed by atoms with van der Waals surface area (Å²) in [5.41, 5.74) is 0. The molecule has 2 atom stereocenters. The summed E-state index contributed by atoms with van der Waals surface area (Å²) in [5, 5.41) is 0. The van der Waals surface area contributed by atoms with Gasteiger partial charge in [0.25, 0.3) is 0 Å². The predicted octanol–water partition coefficient (Wildman–Crippen LogP) is 4.49. The van der Waals surface area contributed by atoms with E-state index in [1.54, 1.807) is 0 Å². The number of hydrogen-bond acceptors (Lipinski definition) is 0. The van der Waals surface area contributed by atoms with Crippen LogP contribution in [0, 0.1) is 11.8 Å². The molecule has 0 bridgehead atoms. The fourth-order valence-electron chi connectivity index (χ4n) is 1.14. The SMILES string of the molecule is CC.CCCC(C)C(C)CC. The highest BCUT2D eigenvalue weighted by Gasteiger charge is 2.07. The highest BCUT2D eigenvalue weighted by atomic mass is 14.1. The van der Waals surface area contributed by atoms with Crippen molar-refractivity contribution >= 4 is 0 Å². The molecule has 0 fully saturated rings. The molecule has 0 aromatic carbocycles. The van der Waals surface area contributed by atoms with Crippen LogP contribution in [0.5, 0.6) is 0 Å². The van der Waals surface area contributed by atoms with E-state index in [-0.39, 0.29) is 0 Å². The van der Waals surface area contributed by atoms with Crippen molar-refractivity contribution in [3.05, 3.63) is 0 Å². The Morgan fingerprint density at radius 2 is 1.36 bits per heavy atom. The van der Waals surface area contributed by atoms with Crippen molar-refractivity contribution in [2.75, 3.05) is 0 Å².